The maximum Gasteiger partial charge on any atom is 0.416 e. The van der Waals surface area contributed by atoms with Crippen LogP contribution in [0.2, 0.25) is 0 Å². The molecule has 3 rings (SSSR count). The van der Waals surface area contributed by atoms with E-state index in [0.29, 0.717) is 18.2 Å². The quantitative estimate of drug-likeness (QED) is 0.388. The molecule has 0 saturated carbocycles. The molecule has 5 nitrogen and oxygen atoms in total. The minimum Gasteiger partial charge on any atom is -0.338 e. The lowest BCUT2D eigenvalue weighted by atomic mass is 9.87. The Morgan fingerprint density at radius 3 is 1.86 bits per heavy atom. The van der Waals surface area contributed by atoms with E-state index >= 15 is 0 Å². The van der Waals surface area contributed by atoms with Crippen LogP contribution in [0.4, 0.5) is 40.8 Å². The van der Waals surface area contributed by atoms with Crippen LogP contribution in [-0.4, -0.2) is 30.4 Å². The second kappa shape index (κ2) is 10.2. The molecule has 0 unspecified atom stereocenters. The smallest absolute Gasteiger partial charge is 0.338 e. The number of hydrogen-bond acceptors (Lipinski definition) is 3. The minimum atomic E-state index is -5.11. The molecule has 36 heavy (non-hydrogen) atoms. The van der Waals surface area contributed by atoms with Crippen molar-refractivity contribution >= 4 is 23.6 Å². The first-order valence-electron chi connectivity index (χ1n) is 10.5. The zero-order valence-electron chi connectivity index (χ0n) is 18.3. The summed E-state index contributed by atoms with van der Waals surface area (Å²) in [5.74, 6) is -3.65. The largest absolute Gasteiger partial charge is 0.416 e. The summed E-state index contributed by atoms with van der Waals surface area (Å²) < 4.78 is 106. The normalized spacial score (nSPS) is 16.1. The van der Waals surface area contributed by atoms with Gasteiger partial charge in [0.15, 0.2) is 0 Å². The highest BCUT2D eigenvalue weighted by molar-refractivity contribution is 6.03. The van der Waals surface area contributed by atoms with Crippen molar-refractivity contribution < 1.29 is 44.7 Å². The number of rotatable bonds is 5. The van der Waals surface area contributed by atoms with E-state index in [1.54, 1.807) is 0 Å². The molecule has 1 saturated heterocycles. The van der Waals surface area contributed by atoms with Crippen LogP contribution in [-0.2, 0) is 21.9 Å². The van der Waals surface area contributed by atoms with Crippen molar-refractivity contribution in [1.82, 2.24) is 10.6 Å². The highest BCUT2D eigenvalue weighted by Gasteiger charge is 2.42. The second-order valence-corrected chi connectivity index (χ2v) is 8.11. The summed E-state index contributed by atoms with van der Waals surface area (Å²) in [5, 5.41) is 7.43. The summed E-state index contributed by atoms with van der Waals surface area (Å²) >= 11 is 0. The monoisotopic (exact) mass is 521 g/mol. The van der Waals surface area contributed by atoms with Gasteiger partial charge in [0.05, 0.1) is 11.1 Å². The Labute approximate surface area is 199 Å². The van der Waals surface area contributed by atoms with Crippen LogP contribution in [0.5, 0.6) is 0 Å². The molecule has 0 aliphatic carbocycles. The molecule has 0 spiro atoms. The van der Waals surface area contributed by atoms with Crippen LogP contribution in [0.1, 0.15) is 29.5 Å². The van der Waals surface area contributed by atoms with Crippen molar-refractivity contribution in [2.45, 2.75) is 30.7 Å². The second-order valence-electron chi connectivity index (χ2n) is 8.11. The Morgan fingerprint density at radius 2 is 1.36 bits per heavy atom. The van der Waals surface area contributed by atoms with Gasteiger partial charge < -0.3 is 16.0 Å². The molecule has 1 aliphatic rings. The van der Waals surface area contributed by atoms with Crippen LogP contribution >= 0.6 is 0 Å². The Hall–Kier alpha value is -3.48. The minimum absolute atomic E-state index is 0.00936. The molecule has 1 fully saturated rings. The standard InChI is InChI=1S/C23H19F8N3O2/c24-16-7-13(8-17(25)12-16)1-2-19(35)34-21(3-5-32-6-4-21)20(36)33-18-10-14(22(26,27)28)9-15(11-18)23(29,30)31/h1-2,7-12,32H,3-6H2,(H,33,36)(H,34,35)/b2-1+. The van der Waals surface area contributed by atoms with Gasteiger partial charge in [0.25, 0.3) is 0 Å². The first kappa shape index (κ1) is 27.1. The summed E-state index contributed by atoms with van der Waals surface area (Å²) in [4.78, 5) is 25.6. The molecule has 0 atom stereocenters. The average Bonchev–Trinajstić information content (AvgIpc) is 2.76. The highest BCUT2D eigenvalue weighted by atomic mass is 19.4. The predicted octanol–water partition coefficient (Wildman–Crippen LogP) is 4.89. The van der Waals surface area contributed by atoms with Crippen molar-refractivity contribution in [3.8, 4) is 0 Å². The summed E-state index contributed by atoms with van der Waals surface area (Å²) in [6, 6.07) is 3.18. The van der Waals surface area contributed by atoms with Gasteiger partial charge in [-0.3, -0.25) is 9.59 Å². The van der Waals surface area contributed by atoms with Gasteiger partial charge in [-0.05, 0) is 67.9 Å². The van der Waals surface area contributed by atoms with Crippen LogP contribution in [0, 0.1) is 11.6 Å². The number of amides is 2. The zero-order chi connectivity index (χ0) is 26.7. The highest BCUT2D eigenvalue weighted by Crippen LogP contribution is 2.38. The van der Waals surface area contributed by atoms with Gasteiger partial charge in [0, 0.05) is 17.8 Å². The zero-order valence-corrected chi connectivity index (χ0v) is 18.3. The molecule has 1 heterocycles. The van der Waals surface area contributed by atoms with E-state index in [-0.39, 0.29) is 37.6 Å². The topological polar surface area (TPSA) is 70.2 Å². The Kier molecular flexibility index (Phi) is 7.72. The van der Waals surface area contributed by atoms with Gasteiger partial charge in [0.1, 0.15) is 17.2 Å². The molecule has 0 radical (unpaired) electrons. The van der Waals surface area contributed by atoms with E-state index in [2.05, 4.69) is 16.0 Å². The molecule has 2 aromatic carbocycles. The number of halogens is 8. The molecule has 13 heteroatoms. The summed E-state index contributed by atoms with van der Waals surface area (Å²) in [6.45, 7) is 0.422. The van der Waals surface area contributed by atoms with Crippen LogP contribution < -0.4 is 16.0 Å². The number of alkyl halides is 6. The summed E-state index contributed by atoms with van der Waals surface area (Å²) in [6.07, 6.45) is -8.30. The number of carbonyl (C=O) groups is 2. The van der Waals surface area contributed by atoms with E-state index < -0.39 is 58.2 Å². The Balaban J connectivity index is 1.86. The van der Waals surface area contributed by atoms with Crippen molar-refractivity contribution in [1.29, 1.82) is 0 Å². The molecule has 2 amide bonds. The van der Waals surface area contributed by atoms with Crippen molar-refractivity contribution in [2.75, 3.05) is 18.4 Å². The molecule has 0 aromatic heterocycles. The van der Waals surface area contributed by atoms with Crippen molar-refractivity contribution in [3.05, 3.63) is 70.8 Å². The molecule has 1 aliphatic heterocycles. The summed E-state index contributed by atoms with van der Waals surface area (Å²) in [5.41, 5.74) is -5.63. The molecule has 0 bridgehead atoms. The van der Waals surface area contributed by atoms with E-state index in [4.69, 9.17) is 0 Å². The van der Waals surface area contributed by atoms with Gasteiger partial charge in [-0.1, -0.05) is 0 Å². The van der Waals surface area contributed by atoms with Crippen molar-refractivity contribution in [2.24, 2.45) is 0 Å². The third-order valence-corrected chi connectivity index (χ3v) is 5.41. The fourth-order valence-electron chi connectivity index (χ4n) is 3.66. The number of benzene rings is 2. The number of hydrogen-bond donors (Lipinski definition) is 3. The molecular formula is C23H19F8N3O2. The van der Waals surface area contributed by atoms with Crippen LogP contribution in [0.3, 0.4) is 0 Å². The lowest BCUT2D eigenvalue weighted by molar-refractivity contribution is -0.143. The van der Waals surface area contributed by atoms with E-state index in [1.807, 2.05) is 0 Å². The molecule has 3 N–H and O–H groups in total. The first-order chi connectivity index (χ1) is 16.7. The van der Waals surface area contributed by atoms with Crippen LogP contribution in [0.15, 0.2) is 42.5 Å². The van der Waals surface area contributed by atoms with E-state index in [9.17, 15) is 44.7 Å². The maximum atomic E-state index is 13.3. The van der Waals surface area contributed by atoms with Crippen molar-refractivity contribution in [3.63, 3.8) is 0 Å². The maximum absolute atomic E-state index is 13.3. The van der Waals surface area contributed by atoms with Gasteiger partial charge >= 0.3 is 12.4 Å². The molecule has 2 aromatic rings. The third-order valence-electron chi connectivity index (χ3n) is 5.41. The SMILES string of the molecule is O=C(/C=C/c1cc(F)cc(F)c1)NC1(C(=O)Nc2cc(C(F)(F)F)cc(C(F)(F)F)c2)CCNCC1. The molecular weight excluding hydrogens is 502 g/mol. The number of nitrogens with one attached hydrogen (secondary N) is 3. The van der Waals surface area contributed by atoms with E-state index in [1.165, 1.54) is 0 Å². The average molecular weight is 521 g/mol. The van der Waals surface area contributed by atoms with Crippen LogP contribution in [0.25, 0.3) is 6.08 Å². The fraction of sp³-hybridized carbons (Fsp3) is 0.304. The van der Waals surface area contributed by atoms with E-state index in [0.717, 1.165) is 24.3 Å². The lowest BCUT2D eigenvalue weighted by Crippen LogP contribution is -2.61. The number of anilines is 1. The predicted molar refractivity (Wildman–Crippen MR) is 113 cm³/mol. The lowest BCUT2D eigenvalue weighted by Gasteiger charge is -2.36. The first-order valence-corrected chi connectivity index (χ1v) is 10.5. The third kappa shape index (κ3) is 6.80. The Morgan fingerprint density at radius 1 is 0.833 bits per heavy atom. The van der Waals surface area contributed by atoms with Gasteiger partial charge in [-0.15, -0.1) is 0 Å². The van der Waals surface area contributed by atoms with Gasteiger partial charge in [-0.25, -0.2) is 8.78 Å². The number of piperidine rings is 1. The Bertz CT molecular complexity index is 1120. The van der Waals surface area contributed by atoms with Gasteiger partial charge in [-0.2, -0.15) is 26.3 Å². The fourth-order valence-corrected chi connectivity index (χ4v) is 3.66. The number of carbonyl (C=O) groups excluding carboxylic acids is 2. The van der Waals surface area contributed by atoms with Gasteiger partial charge in [0.2, 0.25) is 11.8 Å². The molecule has 194 valence electrons. The summed E-state index contributed by atoms with van der Waals surface area (Å²) in [7, 11) is 0.